The van der Waals surface area contributed by atoms with Gasteiger partial charge in [-0.05, 0) is 51.3 Å². The van der Waals surface area contributed by atoms with E-state index in [4.69, 9.17) is 0 Å². The Labute approximate surface area is 162 Å². The van der Waals surface area contributed by atoms with Gasteiger partial charge in [0.1, 0.15) is 11.5 Å². The fourth-order valence-corrected chi connectivity index (χ4v) is 3.95. The van der Waals surface area contributed by atoms with Crippen LogP contribution in [-0.4, -0.2) is 10.2 Å². The molecule has 2 nitrogen and oxygen atoms in total. The first-order valence-electron chi connectivity index (χ1n) is 9.51. The maximum absolute atomic E-state index is 11.3. The largest absolute Gasteiger partial charge is 0.507 e. The molecule has 0 saturated carbocycles. The van der Waals surface area contributed by atoms with Gasteiger partial charge < -0.3 is 10.2 Å². The second-order valence-corrected chi connectivity index (χ2v) is 9.52. The highest BCUT2D eigenvalue weighted by Crippen LogP contribution is 2.49. The molecule has 0 aromatic heterocycles. The van der Waals surface area contributed by atoms with E-state index < -0.39 is 0 Å². The summed E-state index contributed by atoms with van der Waals surface area (Å²) >= 11 is 0. The van der Waals surface area contributed by atoms with Crippen molar-refractivity contribution in [2.45, 2.75) is 59.3 Å². The number of fused-ring (bicyclic) bond motifs is 1. The van der Waals surface area contributed by atoms with Crippen LogP contribution in [0.5, 0.6) is 11.5 Å². The van der Waals surface area contributed by atoms with Gasteiger partial charge in [-0.25, -0.2) is 0 Å². The van der Waals surface area contributed by atoms with Gasteiger partial charge in [0.05, 0.1) is 0 Å². The van der Waals surface area contributed by atoms with Crippen molar-refractivity contribution in [1.29, 1.82) is 0 Å². The smallest absolute Gasteiger partial charge is 0.124 e. The second-order valence-electron chi connectivity index (χ2n) is 9.52. The molecular weight excluding hydrogens is 332 g/mol. The molecule has 27 heavy (non-hydrogen) atoms. The molecular formula is C25H30O2. The molecule has 142 valence electrons. The van der Waals surface area contributed by atoms with Gasteiger partial charge >= 0.3 is 0 Å². The molecule has 0 unspecified atom stereocenters. The van der Waals surface area contributed by atoms with Crippen molar-refractivity contribution in [3.63, 3.8) is 0 Å². The molecule has 2 heteroatoms. The molecule has 0 bridgehead atoms. The number of benzene rings is 3. The molecule has 2 N–H and O–H groups in total. The highest BCUT2D eigenvalue weighted by atomic mass is 16.3. The molecule has 0 amide bonds. The zero-order chi connectivity index (χ0) is 20.1. The van der Waals surface area contributed by atoms with Crippen molar-refractivity contribution in [3.05, 3.63) is 59.2 Å². The summed E-state index contributed by atoms with van der Waals surface area (Å²) in [5.74, 6) is 0.577. The van der Waals surface area contributed by atoms with Crippen molar-refractivity contribution in [2.24, 2.45) is 0 Å². The summed E-state index contributed by atoms with van der Waals surface area (Å²) in [7, 11) is 0. The molecule has 3 rings (SSSR count). The van der Waals surface area contributed by atoms with Crippen molar-refractivity contribution >= 4 is 10.8 Å². The minimum absolute atomic E-state index is 0.172. The summed E-state index contributed by atoms with van der Waals surface area (Å²) in [4.78, 5) is 0. The standard InChI is InChI=1S/C25H30O2/c1-15-14-18(24(2,3)4)23(27)22(25(5,6)7)20(15)21-17-11-9-8-10-16(17)12-13-19(21)26/h8-14,26-27H,1-7H3. The predicted octanol–water partition coefficient (Wildman–Crippen LogP) is 6.82. The molecule has 0 fully saturated rings. The first-order valence-corrected chi connectivity index (χ1v) is 9.51. The molecule has 0 atom stereocenters. The van der Waals surface area contributed by atoms with Crippen LogP contribution in [0.2, 0.25) is 0 Å². The molecule has 3 aromatic rings. The molecule has 0 spiro atoms. The Morgan fingerprint density at radius 1 is 0.741 bits per heavy atom. The van der Waals surface area contributed by atoms with Crippen LogP contribution in [0.3, 0.4) is 0 Å². The van der Waals surface area contributed by atoms with Crippen LogP contribution < -0.4 is 0 Å². The SMILES string of the molecule is Cc1cc(C(C)(C)C)c(O)c(C(C)(C)C)c1-c1c(O)ccc2ccccc12. The first kappa shape index (κ1) is 19.3. The maximum Gasteiger partial charge on any atom is 0.124 e. The molecule has 0 aliphatic heterocycles. The molecule has 0 heterocycles. The topological polar surface area (TPSA) is 40.5 Å². The van der Waals surface area contributed by atoms with Crippen molar-refractivity contribution < 1.29 is 10.2 Å². The Balaban J connectivity index is 2.53. The second kappa shape index (κ2) is 6.30. The Morgan fingerprint density at radius 3 is 1.96 bits per heavy atom. The summed E-state index contributed by atoms with van der Waals surface area (Å²) in [6.07, 6.45) is 0. The van der Waals surface area contributed by atoms with Crippen molar-refractivity contribution in [1.82, 2.24) is 0 Å². The van der Waals surface area contributed by atoms with Gasteiger partial charge in [0.2, 0.25) is 0 Å². The number of aromatic hydroxyl groups is 2. The van der Waals surface area contributed by atoms with E-state index in [2.05, 4.69) is 54.5 Å². The highest BCUT2D eigenvalue weighted by Gasteiger charge is 2.31. The third kappa shape index (κ3) is 3.29. The summed E-state index contributed by atoms with van der Waals surface area (Å²) in [5.41, 5.74) is 4.17. The minimum atomic E-state index is -0.283. The lowest BCUT2D eigenvalue weighted by Crippen LogP contribution is -2.19. The van der Waals surface area contributed by atoms with Crippen molar-refractivity contribution in [3.8, 4) is 22.6 Å². The average molecular weight is 363 g/mol. The summed E-state index contributed by atoms with van der Waals surface area (Å²) in [6.45, 7) is 14.7. The predicted molar refractivity (Wildman–Crippen MR) is 115 cm³/mol. The van der Waals surface area contributed by atoms with Gasteiger partial charge in [-0.3, -0.25) is 0 Å². The van der Waals surface area contributed by atoms with E-state index in [-0.39, 0.29) is 16.6 Å². The number of hydrogen-bond donors (Lipinski definition) is 2. The quantitative estimate of drug-likeness (QED) is 0.498. The van der Waals surface area contributed by atoms with Crippen LogP contribution in [0.4, 0.5) is 0 Å². The van der Waals surface area contributed by atoms with Gasteiger partial charge in [0.25, 0.3) is 0 Å². The zero-order valence-corrected chi connectivity index (χ0v) is 17.4. The van der Waals surface area contributed by atoms with Crippen LogP contribution in [0.1, 0.15) is 58.2 Å². The van der Waals surface area contributed by atoms with E-state index in [0.29, 0.717) is 5.75 Å². The average Bonchev–Trinajstić information content (AvgIpc) is 2.54. The number of aryl methyl sites for hydroxylation is 1. The Morgan fingerprint density at radius 2 is 1.37 bits per heavy atom. The van der Waals surface area contributed by atoms with Gasteiger partial charge in [0.15, 0.2) is 0 Å². The minimum Gasteiger partial charge on any atom is -0.507 e. The Hall–Kier alpha value is -2.48. The normalized spacial score (nSPS) is 12.6. The van der Waals surface area contributed by atoms with Gasteiger partial charge in [-0.15, -0.1) is 0 Å². The van der Waals surface area contributed by atoms with Crippen LogP contribution >= 0.6 is 0 Å². The van der Waals surface area contributed by atoms with E-state index in [1.165, 1.54) is 0 Å². The number of phenolic OH excluding ortho intramolecular Hbond substituents is 2. The lowest BCUT2D eigenvalue weighted by Gasteiger charge is -2.31. The fourth-order valence-electron chi connectivity index (χ4n) is 3.95. The molecule has 0 saturated heterocycles. The Kier molecular flexibility index (Phi) is 4.50. The van der Waals surface area contributed by atoms with Crippen molar-refractivity contribution in [2.75, 3.05) is 0 Å². The highest BCUT2D eigenvalue weighted by molar-refractivity contribution is 6.01. The van der Waals surface area contributed by atoms with Crippen LogP contribution in [0.15, 0.2) is 42.5 Å². The monoisotopic (exact) mass is 362 g/mol. The fraction of sp³-hybridized carbons (Fsp3) is 0.360. The summed E-state index contributed by atoms with van der Waals surface area (Å²) < 4.78 is 0. The third-order valence-corrected chi connectivity index (χ3v) is 5.21. The van der Waals surface area contributed by atoms with E-state index in [0.717, 1.165) is 38.6 Å². The van der Waals surface area contributed by atoms with Gasteiger partial charge in [0, 0.05) is 11.1 Å². The van der Waals surface area contributed by atoms with E-state index >= 15 is 0 Å². The first-order chi connectivity index (χ1) is 12.4. The number of hydrogen-bond acceptors (Lipinski definition) is 2. The number of rotatable bonds is 1. The summed E-state index contributed by atoms with van der Waals surface area (Å²) in [6, 6.07) is 13.8. The zero-order valence-electron chi connectivity index (χ0n) is 17.4. The Bertz CT molecular complexity index is 1020. The molecule has 0 aliphatic carbocycles. The lowest BCUT2D eigenvalue weighted by molar-refractivity contribution is 0.423. The molecule has 0 aliphatic rings. The van der Waals surface area contributed by atoms with E-state index in [9.17, 15) is 10.2 Å². The molecule has 3 aromatic carbocycles. The van der Waals surface area contributed by atoms with Gasteiger partial charge in [-0.2, -0.15) is 0 Å². The van der Waals surface area contributed by atoms with Crippen LogP contribution in [0, 0.1) is 6.92 Å². The van der Waals surface area contributed by atoms with E-state index in [1.54, 1.807) is 6.07 Å². The third-order valence-electron chi connectivity index (χ3n) is 5.21. The molecule has 0 radical (unpaired) electrons. The summed E-state index contributed by atoms with van der Waals surface area (Å²) in [5, 5.41) is 24.2. The van der Waals surface area contributed by atoms with Crippen LogP contribution in [0.25, 0.3) is 21.9 Å². The lowest BCUT2D eigenvalue weighted by atomic mass is 9.74. The van der Waals surface area contributed by atoms with Gasteiger partial charge in [-0.1, -0.05) is 77.9 Å². The maximum atomic E-state index is 11.3. The van der Waals surface area contributed by atoms with E-state index in [1.807, 2.05) is 30.3 Å². The van der Waals surface area contributed by atoms with Crippen LogP contribution in [-0.2, 0) is 10.8 Å². The number of phenols is 2.